The summed E-state index contributed by atoms with van der Waals surface area (Å²) in [5.41, 5.74) is 2.94. The number of benzene rings is 3. The molecule has 0 aliphatic heterocycles. The normalized spacial score (nSPS) is 11.6. The molecule has 1 unspecified atom stereocenters. The van der Waals surface area contributed by atoms with Crippen molar-refractivity contribution in [2.45, 2.75) is 26.1 Å². The van der Waals surface area contributed by atoms with Crippen molar-refractivity contribution >= 4 is 12.1 Å². The number of oxime groups is 1. The first kappa shape index (κ1) is 24.6. The van der Waals surface area contributed by atoms with Crippen LogP contribution in [0.25, 0.3) is 0 Å². The molecule has 0 heterocycles. The van der Waals surface area contributed by atoms with Crippen LogP contribution in [-0.4, -0.2) is 39.0 Å². The maximum Gasteiger partial charge on any atom is 0.263 e. The van der Waals surface area contributed by atoms with Gasteiger partial charge in [-0.05, 0) is 54.8 Å². The highest BCUT2D eigenvalue weighted by molar-refractivity contribution is 5.82. The molecule has 3 aromatic rings. The van der Waals surface area contributed by atoms with Crippen LogP contribution in [0.2, 0.25) is 0 Å². The monoisotopic (exact) mass is 462 g/mol. The van der Waals surface area contributed by atoms with Crippen LogP contribution in [-0.2, 0) is 22.7 Å². The lowest BCUT2D eigenvalue weighted by atomic mass is 10.1. The molecule has 0 aliphatic carbocycles. The van der Waals surface area contributed by atoms with Crippen molar-refractivity contribution in [3.8, 4) is 17.2 Å². The molecule has 0 saturated carbocycles. The van der Waals surface area contributed by atoms with Gasteiger partial charge in [0.2, 0.25) is 6.10 Å². The molecule has 1 atom stereocenters. The van der Waals surface area contributed by atoms with Crippen LogP contribution in [0.1, 0.15) is 23.6 Å². The summed E-state index contributed by atoms with van der Waals surface area (Å²) < 4.78 is 16.4. The molecule has 0 spiro atoms. The van der Waals surface area contributed by atoms with Crippen molar-refractivity contribution in [1.82, 2.24) is 5.32 Å². The maximum absolute atomic E-state index is 12.2. The van der Waals surface area contributed by atoms with Crippen molar-refractivity contribution in [3.05, 3.63) is 89.5 Å². The molecular weight excluding hydrogens is 432 g/mol. The van der Waals surface area contributed by atoms with E-state index >= 15 is 0 Å². The van der Waals surface area contributed by atoms with Crippen LogP contribution in [0.15, 0.2) is 78.0 Å². The topological polar surface area (TPSA) is 78.4 Å². The molecule has 0 saturated heterocycles. The Morgan fingerprint density at radius 1 is 0.941 bits per heavy atom. The predicted molar refractivity (Wildman–Crippen MR) is 132 cm³/mol. The zero-order valence-electron chi connectivity index (χ0n) is 19.7. The first-order chi connectivity index (χ1) is 16.6. The molecule has 1 N–H and O–H groups in total. The molecule has 3 aromatic carbocycles. The lowest BCUT2D eigenvalue weighted by molar-refractivity contribution is -0.131. The van der Waals surface area contributed by atoms with Crippen LogP contribution in [0, 0.1) is 0 Å². The molecule has 1 amide bonds. The third-order valence-corrected chi connectivity index (χ3v) is 5.09. The van der Waals surface area contributed by atoms with E-state index in [1.54, 1.807) is 27.2 Å². The van der Waals surface area contributed by atoms with Crippen LogP contribution >= 0.6 is 0 Å². The minimum Gasteiger partial charge on any atom is -0.497 e. The summed E-state index contributed by atoms with van der Waals surface area (Å²) in [6.45, 7) is 2.60. The molecule has 0 aliphatic rings. The minimum absolute atomic E-state index is 0.229. The Labute approximate surface area is 200 Å². The average molecular weight is 463 g/mol. The molecule has 7 heteroatoms. The summed E-state index contributed by atoms with van der Waals surface area (Å²) in [6.07, 6.45) is 1.52. The van der Waals surface area contributed by atoms with Gasteiger partial charge in [0.25, 0.3) is 5.91 Å². The Bertz CT molecular complexity index is 1070. The van der Waals surface area contributed by atoms with Crippen molar-refractivity contribution < 1.29 is 23.8 Å². The van der Waals surface area contributed by atoms with E-state index in [9.17, 15) is 4.79 Å². The van der Waals surface area contributed by atoms with Crippen LogP contribution in [0.5, 0.6) is 17.2 Å². The quantitative estimate of drug-likeness (QED) is 0.319. The van der Waals surface area contributed by atoms with Gasteiger partial charge in [0, 0.05) is 12.1 Å². The Balaban J connectivity index is 1.45. The third kappa shape index (κ3) is 7.55. The second-order valence-corrected chi connectivity index (χ2v) is 7.56. The zero-order valence-corrected chi connectivity index (χ0v) is 19.7. The number of ether oxygens (including phenoxy) is 3. The molecule has 0 fully saturated rings. The molecule has 178 valence electrons. The van der Waals surface area contributed by atoms with E-state index in [0.29, 0.717) is 31.1 Å². The molecule has 7 nitrogen and oxygen atoms in total. The van der Waals surface area contributed by atoms with Crippen LogP contribution < -0.4 is 19.5 Å². The first-order valence-corrected chi connectivity index (χ1v) is 11.0. The lowest BCUT2D eigenvalue weighted by Crippen LogP contribution is -2.34. The van der Waals surface area contributed by atoms with Gasteiger partial charge in [-0.15, -0.1) is 0 Å². The SMILES string of the molecule is COc1ccc(CCNC(=O)C(C)O/N=C/c2ccc(OCc3ccccc3)c(OC)c2)cc1. The third-order valence-electron chi connectivity index (χ3n) is 5.09. The molecule has 3 rings (SSSR count). The zero-order chi connectivity index (χ0) is 24.2. The summed E-state index contributed by atoms with van der Waals surface area (Å²) >= 11 is 0. The number of hydrogen-bond donors (Lipinski definition) is 1. The van der Waals surface area contributed by atoms with E-state index in [2.05, 4.69) is 10.5 Å². The second kappa shape index (κ2) is 12.9. The van der Waals surface area contributed by atoms with Gasteiger partial charge in [-0.3, -0.25) is 4.79 Å². The Kier molecular flexibility index (Phi) is 9.34. The number of amides is 1. The summed E-state index contributed by atoms with van der Waals surface area (Å²) in [7, 11) is 3.22. The number of hydrogen-bond acceptors (Lipinski definition) is 6. The van der Waals surface area contributed by atoms with Gasteiger partial charge >= 0.3 is 0 Å². The van der Waals surface area contributed by atoms with E-state index in [0.717, 1.165) is 22.4 Å². The van der Waals surface area contributed by atoms with Crippen molar-refractivity contribution in [2.75, 3.05) is 20.8 Å². The van der Waals surface area contributed by atoms with Gasteiger partial charge in [-0.2, -0.15) is 0 Å². The van der Waals surface area contributed by atoms with Gasteiger partial charge in [-0.1, -0.05) is 47.6 Å². The van der Waals surface area contributed by atoms with Crippen molar-refractivity contribution in [1.29, 1.82) is 0 Å². The van der Waals surface area contributed by atoms with Crippen LogP contribution in [0.3, 0.4) is 0 Å². The Morgan fingerprint density at radius 2 is 1.71 bits per heavy atom. The fourth-order valence-electron chi connectivity index (χ4n) is 3.12. The largest absolute Gasteiger partial charge is 0.497 e. The number of carbonyl (C=O) groups is 1. The molecular formula is C27H30N2O5. The maximum atomic E-state index is 12.2. The number of methoxy groups -OCH3 is 2. The summed E-state index contributed by atoms with van der Waals surface area (Å²) in [5.74, 6) is 1.80. The summed E-state index contributed by atoms with van der Waals surface area (Å²) in [4.78, 5) is 17.6. The summed E-state index contributed by atoms with van der Waals surface area (Å²) in [6, 6.07) is 23.1. The lowest BCUT2D eigenvalue weighted by Gasteiger charge is -2.12. The highest BCUT2D eigenvalue weighted by atomic mass is 16.6. The van der Waals surface area contributed by atoms with E-state index < -0.39 is 6.10 Å². The van der Waals surface area contributed by atoms with Gasteiger partial charge in [-0.25, -0.2) is 0 Å². The number of nitrogens with one attached hydrogen (secondary N) is 1. The molecule has 0 bridgehead atoms. The van der Waals surface area contributed by atoms with E-state index in [1.807, 2.05) is 66.7 Å². The molecule has 0 radical (unpaired) electrons. The van der Waals surface area contributed by atoms with E-state index in [4.69, 9.17) is 19.0 Å². The molecule has 34 heavy (non-hydrogen) atoms. The second-order valence-electron chi connectivity index (χ2n) is 7.56. The average Bonchev–Trinajstić information content (AvgIpc) is 2.88. The first-order valence-electron chi connectivity index (χ1n) is 11.0. The van der Waals surface area contributed by atoms with Crippen molar-refractivity contribution in [2.24, 2.45) is 5.16 Å². The van der Waals surface area contributed by atoms with Gasteiger partial charge in [0.1, 0.15) is 12.4 Å². The summed E-state index contributed by atoms with van der Waals surface area (Å²) in [5, 5.41) is 6.81. The minimum atomic E-state index is -0.720. The number of nitrogens with zero attached hydrogens (tertiary/aromatic N) is 1. The van der Waals surface area contributed by atoms with E-state index in [-0.39, 0.29) is 5.91 Å². The predicted octanol–water partition coefficient (Wildman–Crippen LogP) is 4.38. The fraction of sp³-hybridized carbons (Fsp3) is 0.259. The highest BCUT2D eigenvalue weighted by Gasteiger charge is 2.13. The highest BCUT2D eigenvalue weighted by Crippen LogP contribution is 2.28. The smallest absolute Gasteiger partial charge is 0.263 e. The number of rotatable bonds is 12. The van der Waals surface area contributed by atoms with Gasteiger partial charge in [0.15, 0.2) is 11.5 Å². The van der Waals surface area contributed by atoms with Gasteiger partial charge in [0.05, 0.1) is 20.4 Å². The fourth-order valence-corrected chi connectivity index (χ4v) is 3.12. The Hall–Kier alpha value is -4.00. The van der Waals surface area contributed by atoms with Crippen LogP contribution in [0.4, 0.5) is 0 Å². The Morgan fingerprint density at radius 3 is 2.41 bits per heavy atom. The van der Waals surface area contributed by atoms with E-state index in [1.165, 1.54) is 6.21 Å². The van der Waals surface area contributed by atoms with Crippen molar-refractivity contribution in [3.63, 3.8) is 0 Å². The number of carbonyl (C=O) groups excluding carboxylic acids is 1. The standard InChI is InChI=1S/C27H30N2O5/c1-20(27(30)28-16-15-21-9-12-24(31-2)13-10-21)34-29-18-23-11-14-25(26(17-23)32-3)33-19-22-7-5-4-6-8-22/h4-14,17-18,20H,15-16,19H2,1-3H3,(H,28,30)/b29-18+. The molecule has 0 aromatic heterocycles. The van der Waals surface area contributed by atoms with Gasteiger partial charge < -0.3 is 24.4 Å².